The molecule has 3 heteroatoms. The Hall–Kier alpha value is -1.71. The van der Waals surface area contributed by atoms with Crippen molar-refractivity contribution in [1.82, 2.24) is 4.90 Å². The maximum Gasteiger partial charge on any atom is 0.0451 e. The van der Waals surface area contributed by atoms with E-state index in [0.29, 0.717) is 0 Å². The van der Waals surface area contributed by atoms with E-state index in [0.717, 1.165) is 32.7 Å². The Morgan fingerprint density at radius 1 is 0.926 bits per heavy atom. The third kappa shape index (κ3) is 5.63. The molecule has 0 aromatic heterocycles. The first-order valence-electron chi connectivity index (χ1n) is 9.92. The lowest BCUT2D eigenvalue weighted by Gasteiger charge is -2.37. The predicted molar refractivity (Wildman–Crippen MR) is 121 cm³/mol. The summed E-state index contributed by atoms with van der Waals surface area (Å²) in [5.41, 5.74) is 4.15. The summed E-state index contributed by atoms with van der Waals surface area (Å²) < 4.78 is 0.212. The molecule has 2 aromatic rings. The second-order valence-corrected chi connectivity index (χ2v) is 10.0. The van der Waals surface area contributed by atoms with Gasteiger partial charge in [-0.15, -0.1) is 11.8 Å². The molecule has 3 rings (SSSR count). The van der Waals surface area contributed by atoms with Crippen LogP contribution in [0.4, 0.5) is 5.69 Å². The van der Waals surface area contributed by atoms with E-state index in [9.17, 15) is 0 Å². The highest BCUT2D eigenvalue weighted by Crippen LogP contribution is 2.38. The Kier molecular flexibility index (Phi) is 6.67. The van der Waals surface area contributed by atoms with Gasteiger partial charge in [-0.05, 0) is 24.6 Å². The third-order valence-electron chi connectivity index (χ3n) is 4.75. The lowest BCUT2D eigenvalue weighted by Crippen LogP contribution is -2.46. The van der Waals surface area contributed by atoms with E-state index in [1.165, 1.54) is 21.7 Å². The summed E-state index contributed by atoms with van der Waals surface area (Å²) in [5.74, 6) is 0. The molecule has 0 saturated carbocycles. The summed E-state index contributed by atoms with van der Waals surface area (Å²) in [5, 5.41) is 0. The zero-order chi connectivity index (χ0) is 19.3. The van der Waals surface area contributed by atoms with Gasteiger partial charge in [-0.1, -0.05) is 69.3 Å². The molecule has 0 spiro atoms. The van der Waals surface area contributed by atoms with Gasteiger partial charge in [-0.25, -0.2) is 0 Å². The van der Waals surface area contributed by atoms with Gasteiger partial charge in [-0.2, -0.15) is 0 Å². The van der Waals surface area contributed by atoms with Gasteiger partial charge in [0.2, 0.25) is 0 Å². The Bertz CT molecular complexity index is 754. The minimum Gasteiger partial charge on any atom is -0.368 e. The van der Waals surface area contributed by atoms with Crippen molar-refractivity contribution >= 4 is 23.5 Å². The first-order valence-corrected chi connectivity index (χ1v) is 10.7. The lowest BCUT2D eigenvalue weighted by molar-refractivity contribution is 0.250. The van der Waals surface area contributed by atoms with E-state index in [1.54, 1.807) is 0 Å². The minimum absolute atomic E-state index is 0.212. The fourth-order valence-electron chi connectivity index (χ4n) is 3.55. The van der Waals surface area contributed by atoms with Gasteiger partial charge in [-0.3, -0.25) is 4.90 Å². The molecule has 1 heterocycles. The summed E-state index contributed by atoms with van der Waals surface area (Å²) in [4.78, 5) is 6.50. The molecule has 0 aliphatic carbocycles. The van der Waals surface area contributed by atoms with E-state index < -0.39 is 0 Å². The Labute approximate surface area is 169 Å². The Balaban J connectivity index is 1.72. The molecule has 1 aliphatic rings. The van der Waals surface area contributed by atoms with E-state index in [4.69, 9.17) is 0 Å². The molecule has 0 amide bonds. The standard InChI is InChI=1S/C24H32N2S/c1-5-10-21-22(13-9-14-23(21)27-24(2,3)4)26-17-15-25(16-18-26)19-20-11-7-6-8-12-20/h5-14H,15-19H2,1-4H3. The molecule has 0 N–H and O–H groups in total. The van der Waals surface area contributed by atoms with Crippen molar-refractivity contribution in [3.63, 3.8) is 0 Å². The molecular weight excluding hydrogens is 348 g/mol. The van der Waals surface area contributed by atoms with Crippen LogP contribution >= 0.6 is 11.8 Å². The molecule has 1 fully saturated rings. The molecule has 0 unspecified atom stereocenters. The van der Waals surface area contributed by atoms with Gasteiger partial charge in [0, 0.05) is 53.6 Å². The largest absolute Gasteiger partial charge is 0.368 e. The van der Waals surface area contributed by atoms with Crippen LogP contribution in [0.5, 0.6) is 0 Å². The van der Waals surface area contributed by atoms with Crippen molar-refractivity contribution in [1.29, 1.82) is 0 Å². The van der Waals surface area contributed by atoms with Crippen LogP contribution < -0.4 is 4.90 Å². The number of piperazine rings is 1. The number of benzene rings is 2. The maximum absolute atomic E-state index is 2.56. The van der Waals surface area contributed by atoms with E-state index in [2.05, 4.69) is 98.2 Å². The quantitative estimate of drug-likeness (QED) is 0.593. The summed E-state index contributed by atoms with van der Waals surface area (Å²) >= 11 is 1.96. The van der Waals surface area contributed by atoms with Crippen molar-refractivity contribution in [3.05, 3.63) is 65.7 Å². The minimum atomic E-state index is 0.212. The van der Waals surface area contributed by atoms with Crippen LogP contribution in [0.15, 0.2) is 59.5 Å². The van der Waals surface area contributed by atoms with Crippen LogP contribution in [0.2, 0.25) is 0 Å². The first kappa shape index (κ1) is 20.0. The summed E-state index contributed by atoms with van der Waals surface area (Å²) in [7, 11) is 0. The summed E-state index contributed by atoms with van der Waals surface area (Å²) in [6, 6.07) is 17.6. The van der Waals surface area contributed by atoms with Crippen LogP contribution in [0.1, 0.15) is 38.8 Å². The normalized spacial score (nSPS) is 16.2. The fourth-order valence-corrected chi connectivity index (χ4v) is 4.64. The third-order valence-corrected chi connectivity index (χ3v) is 5.94. The topological polar surface area (TPSA) is 6.48 Å². The van der Waals surface area contributed by atoms with E-state index >= 15 is 0 Å². The summed E-state index contributed by atoms with van der Waals surface area (Å²) in [6.07, 6.45) is 4.44. The molecule has 2 nitrogen and oxygen atoms in total. The molecule has 1 aliphatic heterocycles. The number of nitrogens with zero attached hydrogens (tertiary/aromatic N) is 2. The highest BCUT2D eigenvalue weighted by molar-refractivity contribution is 8.00. The van der Waals surface area contributed by atoms with Gasteiger partial charge in [0.1, 0.15) is 0 Å². The fraction of sp³-hybridized carbons (Fsp3) is 0.417. The average molecular weight is 381 g/mol. The number of hydrogen-bond acceptors (Lipinski definition) is 3. The molecule has 2 aromatic carbocycles. The zero-order valence-electron chi connectivity index (χ0n) is 17.1. The smallest absolute Gasteiger partial charge is 0.0451 e. The van der Waals surface area contributed by atoms with Crippen molar-refractivity contribution in [3.8, 4) is 0 Å². The maximum atomic E-state index is 2.56. The van der Waals surface area contributed by atoms with Crippen LogP contribution in [0, 0.1) is 0 Å². The molecule has 1 saturated heterocycles. The number of allylic oxidation sites excluding steroid dienone is 1. The Morgan fingerprint density at radius 3 is 2.26 bits per heavy atom. The van der Waals surface area contributed by atoms with Crippen LogP contribution in [0.25, 0.3) is 6.08 Å². The molecular formula is C24H32N2S. The van der Waals surface area contributed by atoms with E-state index in [-0.39, 0.29) is 4.75 Å². The van der Waals surface area contributed by atoms with Crippen molar-refractivity contribution in [2.45, 2.75) is 43.9 Å². The predicted octanol–water partition coefficient (Wildman–Crippen LogP) is 5.93. The lowest BCUT2D eigenvalue weighted by atomic mass is 10.1. The van der Waals surface area contributed by atoms with Gasteiger partial charge in [0.25, 0.3) is 0 Å². The van der Waals surface area contributed by atoms with Crippen LogP contribution in [0.3, 0.4) is 0 Å². The number of thioether (sulfide) groups is 1. The zero-order valence-corrected chi connectivity index (χ0v) is 17.9. The highest BCUT2D eigenvalue weighted by atomic mass is 32.2. The van der Waals surface area contributed by atoms with Crippen LogP contribution in [-0.4, -0.2) is 35.8 Å². The average Bonchev–Trinajstić information content (AvgIpc) is 2.64. The number of anilines is 1. The SMILES string of the molecule is CC=Cc1c(SC(C)(C)C)cccc1N1CCN(Cc2ccccc2)CC1. The Morgan fingerprint density at radius 2 is 1.63 bits per heavy atom. The van der Waals surface area contributed by atoms with Gasteiger partial charge in [0.15, 0.2) is 0 Å². The van der Waals surface area contributed by atoms with E-state index in [1.807, 2.05) is 11.8 Å². The van der Waals surface area contributed by atoms with Crippen molar-refractivity contribution < 1.29 is 0 Å². The first-order chi connectivity index (χ1) is 13.0. The number of rotatable bonds is 5. The van der Waals surface area contributed by atoms with Crippen molar-refractivity contribution in [2.75, 3.05) is 31.1 Å². The van der Waals surface area contributed by atoms with Gasteiger partial charge < -0.3 is 4.90 Å². The second-order valence-electron chi connectivity index (χ2n) is 8.15. The molecule has 0 atom stereocenters. The highest BCUT2D eigenvalue weighted by Gasteiger charge is 2.21. The second kappa shape index (κ2) is 8.99. The van der Waals surface area contributed by atoms with Crippen molar-refractivity contribution in [2.24, 2.45) is 0 Å². The summed E-state index contributed by atoms with van der Waals surface area (Å²) in [6.45, 7) is 14.4. The van der Waals surface area contributed by atoms with Crippen LogP contribution in [-0.2, 0) is 6.54 Å². The van der Waals surface area contributed by atoms with Gasteiger partial charge in [0.05, 0.1) is 0 Å². The molecule has 0 radical (unpaired) electrons. The molecule has 27 heavy (non-hydrogen) atoms. The number of hydrogen-bond donors (Lipinski definition) is 0. The molecule has 144 valence electrons. The monoisotopic (exact) mass is 380 g/mol. The van der Waals surface area contributed by atoms with Gasteiger partial charge >= 0.3 is 0 Å². The molecule has 0 bridgehead atoms.